The molecule has 0 bridgehead atoms. The molecule has 1 fully saturated rings. The summed E-state index contributed by atoms with van der Waals surface area (Å²) in [6.07, 6.45) is 1.55. The quantitative estimate of drug-likeness (QED) is 0.675. The molecule has 9 nitrogen and oxygen atoms in total. The lowest BCUT2D eigenvalue weighted by Gasteiger charge is -2.36. The van der Waals surface area contributed by atoms with Gasteiger partial charge in [-0.3, -0.25) is 14.5 Å². The first kappa shape index (κ1) is 17.0. The number of hydrogen-bond acceptors (Lipinski definition) is 7. The molecular formula is C18H17N5O4. The Morgan fingerprint density at radius 3 is 2.67 bits per heavy atom. The molecule has 2 aromatic heterocycles. The molecule has 0 aliphatic carbocycles. The number of aromatic nitrogens is 2. The summed E-state index contributed by atoms with van der Waals surface area (Å²) in [5.74, 6) is 0.982. The van der Waals surface area contributed by atoms with Gasteiger partial charge in [-0.05, 0) is 36.4 Å². The number of rotatable bonds is 6. The SMILES string of the molecule is NC(=O)c1ccc(NC(=O)CN2CC(c3nc(-c4ccco4)no3)C2)cc1. The van der Waals surface area contributed by atoms with Crippen molar-refractivity contribution in [2.45, 2.75) is 5.92 Å². The lowest BCUT2D eigenvalue weighted by molar-refractivity contribution is -0.118. The summed E-state index contributed by atoms with van der Waals surface area (Å²) in [4.78, 5) is 29.5. The van der Waals surface area contributed by atoms with Crippen molar-refractivity contribution in [1.29, 1.82) is 0 Å². The molecular weight excluding hydrogens is 350 g/mol. The number of primary amides is 1. The third-order valence-corrected chi connectivity index (χ3v) is 4.31. The Morgan fingerprint density at radius 1 is 1.22 bits per heavy atom. The van der Waals surface area contributed by atoms with Gasteiger partial charge in [-0.1, -0.05) is 5.16 Å². The number of likely N-dealkylation sites (tertiary alicyclic amines) is 1. The lowest BCUT2D eigenvalue weighted by atomic mass is 10.0. The topological polar surface area (TPSA) is 127 Å². The van der Waals surface area contributed by atoms with Crippen LogP contribution in [-0.4, -0.2) is 46.5 Å². The zero-order valence-corrected chi connectivity index (χ0v) is 14.3. The smallest absolute Gasteiger partial charge is 0.248 e. The van der Waals surface area contributed by atoms with E-state index in [1.165, 1.54) is 0 Å². The highest BCUT2D eigenvalue weighted by molar-refractivity contribution is 5.95. The van der Waals surface area contributed by atoms with E-state index in [9.17, 15) is 9.59 Å². The molecule has 3 heterocycles. The van der Waals surface area contributed by atoms with Gasteiger partial charge in [0.2, 0.25) is 23.5 Å². The van der Waals surface area contributed by atoms with Crippen molar-refractivity contribution < 1.29 is 18.5 Å². The average molecular weight is 367 g/mol. The first-order valence-corrected chi connectivity index (χ1v) is 8.38. The third kappa shape index (κ3) is 3.72. The molecule has 3 N–H and O–H groups in total. The number of nitrogens with two attached hydrogens (primary N) is 1. The number of benzene rings is 1. The number of nitrogens with one attached hydrogen (secondary N) is 1. The molecule has 2 amide bonds. The molecule has 1 saturated heterocycles. The van der Waals surface area contributed by atoms with Crippen molar-refractivity contribution in [3.05, 3.63) is 54.1 Å². The van der Waals surface area contributed by atoms with E-state index in [-0.39, 0.29) is 18.4 Å². The summed E-state index contributed by atoms with van der Waals surface area (Å²) < 4.78 is 10.5. The van der Waals surface area contributed by atoms with Crippen LogP contribution in [-0.2, 0) is 4.79 Å². The van der Waals surface area contributed by atoms with Gasteiger partial charge in [-0.15, -0.1) is 0 Å². The van der Waals surface area contributed by atoms with Crippen molar-refractivity contribution in [3.63, 3.8) is 0 Å². The Morgan fingerprint density at radius 2 is 2.00 bits per heavy atom. The number of amides is 2. The van der Waals surface area contributed by atoms with Crippen LogP contribution < -0.4 is 11.1 Å². The Balaban J connectivity index is 1.26. The minimum Gasteiger partial charge on any atom is -0.461 e. The molecule has 1 aliphatic heterocycles. The Bertz CT molecular complexity index is 943. The van der Waals surface area contributed by atoms with Crippen LogP contribution in [0.2, 0.25) is 0 Å². The largest absolute Gasteiger partial charge is 0.461 e. The highest BCUT2D eigenvalue weighted by Gasteiger charge is 2.33. The van der Waals surface area contributed by atoms with Gasteiger partial charge in [0.25, 0.3) is 0 Å². The average Bonchev–Trinajstić information content (AvgIpc) is 3.29. The van der Waals surface area contributed by atoms with Crippen molar-refractivity contribution in [2.24, 2.45) is 5.73 Å². The Kier molecular flexibility index (Phi) is 4.43. The van der Waals surface area contributed by atoms with E-state index >= 15 is 0 Å². The van der Waals surface area contributed by atoms with Gasteiger partial charge in [-0.25, -0.2) is 0 Å². The standard InChI is InChI=1S/C18H17N5O4/c19-16(25)11-3-5-13(6-4-11)20-15(24)10-23-8-12(9-23)18-21-17(22-27-18)14-2-1-7-26-14/h1-7,12H,8-10H2,(H2,19,25)(H,20,24). The van der Waals surface area contributed by atoms with Crippen LogP contribution in [0.1, 0.15) is 22.2 Å². The minimum atomic E-state index is -0.504. The molecule has 1 aromatic carbocycles. The number of furan rings is 1. The second-order valence-corrected chi connectivity index (χ2v) is 6.31. The molecule has 0 radical (unpaired) electrons. The summed E-state index contributed by atoms with van der Waals surface area (Å²) in [7, 11) is 0. The van der Waals surface area contributed by atoms with Gasteiger partial charge in [0, 0.05) is 24.3 Å². The molecule has 0 atom stereocenters. The van der Waals surface area contributed by atoms with Crippen LogP contribution >= 0.6 is 0 Å². The fourth-order valence-electron chi connectivity index (χ4n) is 2.88. The number of nitrogens with zero attached hydrogens (tertiary/aromatic N) is 3. The fourth-order valence-corrected chi connectivity index (χ4v) is 2.88. The summed E-state index contributed by atoms with van der Waals surface area (Å²) >= 11 is 0. The summed E-state index contributed by atoms with van der Waals surface area (Å²) in [5.41, 5.74) is 6.20. The van der Waals surface area contributed by atoms with Crippen LogP contribution in [0.25, 0.3) is 11.6 Å². The zero-order valence-electron chi connectivity index (χ0n) is 14.3. The summed E-state index contributed by atoms with van der Waals surface area (Å²) in [5, 5.41) is 6.70. The van der Waals surface area contributed by atoms with Crippen molar-refractivity contribution >= 4 is 17.5 Å². The third-order valence-electron chi connectivity index (χ3n) is 4.31. The van der Waals surface area contributed by atoms with Gasteiger partial charge in [0.05, 0.1) is 18.7 Å². The van der Waals surface area contributed by atoms with E-state index in [1.54, 1.807) is 42.7 Å². The van der Waals surface area contributed by atoms with Gasteiger partial charge in [0.1, 0.15) is 0 Å². The zero-order chi connectivity index (χ0) is 18.8. The van der Waals surface area contributed by atoms with Crippen LogP contribution in [0.4, 0.5) is 5.69 Å². The van der Waals surface area contributed by atoms with E-state index in [1.807, 2.05) is 4.90 Å². The molecule has 9 heteroatoms. The molecule has 1 aliphatic rings. The molecule has 3 aromatic rings. The number of carbonyl (C=O) groups is 2. The van der Waals surface area contributed by atoms with Crippen molar-refractivity contribution in [2.75, 3.05) is 25.0 Å². The lowest BCUT2D eigenvalue weighted by Crippen LogP contribution is -2.48. The summed E-state index contributed by atoms with van der Waals surface area (Å²) in [6, 6.07) is 9.96. The van der Waals surface area contributed by atoms with E-state index in [0.717, 1.165) is 0 Å². The van der Waals surface area contributed by atoms with E-state index in [0.29, 0.717) is 41.8 Å². The number of anilines is 1. The van der Waals surface area contributed by atoms with Crippen LogP contribution in [0.15, 0.2) is 51.6 Å². The first-order chi connectivity index (χ1) is 13.1. The molecule has 0 spiro atoms. The van der Waals surface area contributed by atoms with E-state index < -0.39 is 5.91 Å². The first-order valence-electron chi connectivity index (χ1n) is 8.38. The molecule has 4 rings (SSSR count). The second-order valence-electron chi connectivity index (χ2n) is 6.31. The van der Waals surface area contributed by atoms with Gasteiger partial charge in [-0.2, -0.15) is 4.98 Å². The monoisotopic (exact) mass is 367 g/mol. The highest BCUT2D eigenvalue weighted by Crippen LogP contribution is 2.27. The maximum atomic E-state index is 12.1. The molecule has 0 unspecified atom stereocenters. The predicted octanol–water partition coefficient (Wildman–Crippen LogP) is 1.47. The van der Waals surface area contributed by atoms with Crippen molar-refractivity contribution in [3.8, 4) is 11.6 Å². The van der Waals surface area contributed by atoms with Gasteiger partial charge >= 0.3 is 0 Å². The predicted molar refractivity (Wildman–Crippen MR) is 94.8 cm³/mol. The van der Waals surface area contributed by atoms with Crippen LogP contribution in [0.5, 0.6) is 0 Å². The molecule has 27 heavy (non-hydrogen) atoms. The van der Waals surface area contributed by atoms with Crippen molar-refractivity contribution in [1.82, 2.24) is 15.0 Å². The van der Waals surface area contributed by atoms with E-state index in [4.69, 9.17) is 14.7 Å². The van der Waals surface area contributed by atoms with Crippen LogP contribution in [0, 0.1) is 0 Å². The molecule has 0 saturated carbocycles. The van der Waals surface area contributed by atoms with Crippen LogP contribution in [0.3, 0.4) is 0 Å². The van der Waals surface area contributed by atoms with Gasteiger partial charge < -0.3 is 20.0 Å². The second kappa shape index (κ2) is 7.04. The maximum absolute atomic E-state index is 12.1. The Hall–Kier alpha value is -3.46. The van der Waals surface area contributed by atoms with E-state index in [2.05, 4.69) is 15.5 Å². The summed E-state index contributed by atoms with van der Waals surface area (Å²) in [6.45, 7) is 1.58. The minimum absolute atomic E-state index is 0.101. The molecule has 138 valence electrons. The number of carbonyl (C=O) groups excluding carboxylic acids is 2. The number of hydrogen-bond donors (Lipinski definition) is 2. The fraction of sp³-hybridized carbons (Fsp3) is 0.222. The van der Waals surface area contributed by atoms with Gasteiger partial charge in [0.15, 0.2) is 5.76 Å². The maximum Gasteiger partial charge on any atom is 0.248 e. The normalized spacial score (nSPS) is 14.7. The highest BCUT2D eigenvalue weighted by atomic mass is 16.5. The Labute approximate surface area is 154 Å².